The Hall–Kier alpha value is -3.49. The molecule has 0 aliphatic rings. The summed E-state index contributed by atoms with van der Waals surface area (Å²) < 4.78 is 23.7. The van der Waals surface area contributed by atoms with Crippen molar-refractivity contribution >= 4 is 27.5 Å². The summed E-state index contributed by atoms with van der Waals surface area (Å²) in [7, 11) is -3.85. The molecule has 6 N–H and O–H groups in total. The highest BCUT2D eigenvalue weighted by Crippen LogP contribution is 2.28. The second kappa shape index (κ2) is 9.76. The fraction of sp³-hybridized carbons (Fsp3) is 0.167. The van der Waals surface area contributed by atoms with Crippen LogP contribution in [0.5, 0.6) is 0 Å². The molecule has 3 aromatic rings. The molecule has 0 fully saturated rings. The number of anilines is 1. The van der Waals surface area contributed by atoms with E-state index in [2.05, 4.69) is 5.32 Å². The smallest absolute Gasteiger partial charge is 0.238 e. The Labute approximate surface area is 188 Å². The van der Waals surface area contributed by atoms with E-state index in [-0.39, 0.29) is 22.6 Å². The predicted molar refractivity (Wildman–Crippen MR) is 127 cm³/mol. The van der Waals surface area contributed by atoms with E-state index in [0.717, 1.165) is 5.56 Å². The Morgan fingerprint density at radius 1 is 1.03 bits per heavy atom. The van der Waals surface area contributed by atoms with Gasteiger partial charge >= 0.3 is 0 Å². The van der Waals surface area contributed by atoms with Crippen LogP contribution in [0, 0.1) is 11.3 Å². The van der Waals surface area contributed by atoms with Gasteiger partial charge in [0.1, 0.15) is 5.84 Å². The van der Waals surface area contributed by atoms with Gasteiger partial charge in [-0.3, -0.25) is 10.2 Å². The number of hydrogen-bond donors (Lipinski definition) is 4. The molecule has 0 aliphatic heterocycles. The van der Waals surface area contributed by atoms with Crippen molar-refractivity contribution in [3.8, 4) is 11.1 Å². The number of carbonyl (C=O) groups excluding carboxylic acids is 1. The number of sulfonamides is 1. The summed E-state index contributed by atoms with van der Waals surface area (Å²) in [4.78, 5) is 12.9. The summed E-state index contributed by atoms with van der Waals surface area (Å²) in [6, 6.07) is 20.8. The number of amides is 1. The zero-order chi connectivity index (χ0) is 23.3. The Bertz CT molecular complexity index is 1240. The van der Waals surface area contributed by atoms with Gasteiger partial charge in [-0.2, -0.15) is 0 Å². The summed E-state index contributed by atoms with van der Waals surface area (Å²) in [6.07, 6.45) is 1.18. The van der Waals surface area contributed by atoms with Crippen molar-refractivity contribution in [2.24, 2.45) is 16.8 Å². The minimum absolute atomic E-state index is 0.00607. The van der Waals surface area contributed by atoms with Crippen LogP contribution in [0.1, 0.15) is 24.5 Å². The molecule has 166 valence electrons. The van der Waals surface area contributed by atoms with Gasteiger partial charge in [0.05, 0.1) is 4.90 Å². The molecule has 3 rings (SSSR count). The molecule has 3 aromatic carbocycles. The van der Waals surface area contributed by atoms with Crippen LogP contribution in [0.4, 0.5) is 5.69 Å². The van der Waals surface area contributed by atoms with Crippen molar-refractivity contribution in [3.63, 3.8) is 0 Å². The zero-order valence-electron chi connectivity index (χ0n) is 17.7. The van der Waals surface area contributed by atoms with E-state index >= 15 is 0 Å². The highest BCUT2D eigenvalue weighted by Gasteiger charge is 2.18. The highest BCUT2D eigenvalue weighted by atomic mass is 32.2. The normalized spacial score (nSPS) is 12.2. The number of rotatable bonds is 8. The lowest BCUT2D eigenvalue weighted by Gasteiger charge is -2.16. The van der Waals surface area contributed by atoms with Crippen LogP contribution in [-0.2, 0) is 21.2 Å². The van der Waals surface area contributed by atoms with E-state index in [9.17, 15) is 13.2 Å². The van der Waals surface area contributed by atoms with Crippen LogP contribution in [-0.4, -0.2) is 20.2 Å². The second-order valence-electron chi connectivity index (χ2n) is 7.53. The van der Waals surface area contributed by atoms with Gasteiger partial charge in [0.15, 0.2) is 0 Å². The van der Waals surface area contributed by atoms with Gasteiger partial charge in [0, 0.05) is 22.7 Å². The predicted octanol–water partition coefficient (Wildman–Crippen LogP) is 3.49. The number of carbonyl (C=O) groups is 1. The molecule has 8 heteroatoms. The molecule has 32 heavy (non-hydrogen) atoms. The van der Waals surface area contributed by atoms with E-state index in [1.54, 1.807) is 48.5 Å². The number of hydrogen-bond acceptors (Lipinski definition) is 4. The molecular formula is C24H26N4O3S. The summed E-state index contributed by atoms with van der Waals surface area (Å²) >= 11 is 0. The summed E-state index contributed by atoms with van der Waals surface area (Å²) in [5, 5.41) is 15.8. The van der Waals surface area contributed by atoms with E-state index < -0.39 is 10.0 Å². The van der Waals surface area contributed by atoms with Crippen LogP contribution >= 0.6 is 0 Å². The third kappa shape index (κ3) is 5.60. The molecule has 0 aromatic heterocycles. The molecular weight excluding hydrogens is 424 g/mol. The SMILES string of the molecule is CCC(Cc1cccc(C(=N)N)c1)C(=O)Nc1ccc(-c2ccccc2S(N)(=O)=O)cc1. The lowest BCUT2D eigenvalue weighted by atomic mass is 9.94. The zero-order valence-corrected chi connectivity index (χ0v) is 18.5. The monoisotopic (exact) mass is 450 g/mol. The summed E-state index contributed by atoms with van der Waals surface area (Å²) in [6.45, 7) is 1.95. The number of benzene rings is 3. The molecule has 0 radical (unpaired) electrons. The fourth-order valence-electron chi connectivity index (χ4n) is 3.50. The number of amidine groups is 1. The van der Waals surface area contributed by atoms with Gasteiger partial charge in [-0.15, -0.1) is 0 Å². The third-order valence-corrected chi connectivity index (χ3v) is 6.21. The lowest BCUT2D eigenvalue weighted by molar-refractivity contribution is -0.119. The molecule has 0 spiro atoms. The van der Waals surface area contributed by atoms with E-state index in [1.807, 2.05) is 25.1 Å². The fourth-order valence-corrected chi connectivity index (χ4v) is 4.26. The van der Waals surface area contributed by atoms with Crippen molar-refractivity contribution < 1.29 is 13.2 Å². The molecule has 0 heterocycles. The molecule has 1 atom stereocenters. The minimum atomic E-state index is -3.85. The van der Waals surface area contributed by atoms with Gasteiger partial charge in [-0.25, -0.2) is 13.6 Å². The molecule has 0 aliphatic carbocycles. The second-order valence-corrected chi connectivity index (χ2v) is 9.06. The van der Waals surface area contributed by atoms with E-state index in [0.29, 0.717) is 35.2 Å². The van der Waals surface area contributed by atoms with Crippen LogP contribution in [0.2, 0.25) is 0 Å². The topological polar surface area (TPSA) is 139 Å². The van der Waals surface area contributed by atoms with Crippen molar-refractivity contribution in [1.29, 1.82) is 5.41 Å². The maximum atomic E-state index is 12.8. The van der Waals surface area contributed by atoms with Gasteiger partial charge < -0.3 is 11.1 Å². The first kappa shape index (κ1) is 23.2. The van der Waals surface area contributed by atoms with Crippen LogP contribution in [0.25, 0.3) is 11.1 Å². The number of nitrogens with one attached hydrogen (secondary N) is 2. The minimum Gasteiger partial charge on any atom is -0.384 e. The van der Waals surface area contributed by atoms with Crippen molar-refractivity contribution in [2.45, 2.75) is 24.7 Å². The third-order valence-electron chi connectivity index (χ3n) is 5.24. The molecule has 0 saturated carbocycles. The number of nitrogen functional groups attached to an aromatic ring is 1. The van der Waals surface area contributed by atoms with E-state index in [1.165, 1.54) is 6.07 Å². The van der Waals surface area contributed by atoms with Crippen molar-refractivity contribution in [2.75, 3.05) is 5.32 Å². The maximum Gasteiger partial charge on any atom is 0.238 e. The molecule has 1 unspecified atom stereocenters. The quantitative estimate of drug-likeness (QED) is 0.308. The first-order valence-corrected chi connectivity index (χ1v) is 11.7. The van der Waals surface area contributed by atoms with Crippen molar-refractivity contribution in [3.05, 3.63) is 83.9 Å². The average Bonchev–Trinajstić information content (AvgIpc) is 2.77. The Morgan fingerprint density at radius 2 is 1.72 bits per heavy atom. The van der Waals surface area contributed by atoms with Gasteiger partial charge in [-0.1, -0.05) is 55.5 Å². The van der Waals surface area contributed by atoms with Crippen LogP contribution < -0.4 is 16.2 Å². The average molecular weight is 451 g/mol. The van der Waals surface area contributed by atoms with Crippen LogP contribution in [0.15, 0.2) is 77.7 Å². The molecule has 0 bridgehead atoms. The lowest BCUT2D eigenvalue weighted by Crippen LogP contribution is -2.24. The highest BCUT2D eigenvalue weighted by molar-refractivity contribution is 7.89. The standard InChI is InChI=1S/C24H26N4O3S/c1-2-17(14-16-6-5-7-19(15-16)23(25)26)24(29)28-20-12-10-18(11-13-20)21-8-3-4-9-22(21)32(27,30)31/h3-13,15,17H,2,14H2,1H3,(H3,25,26)(H,28,29)(H2,27,30,31). The molecule has 7 nitrogen and oxygen atoms in total. The van der Waals surface area contributed by atoms with Gasteiger partial charge in [0.25, 0.3) is 0 Å². The Morgan fingerprint density at radius 3 is 2.34 bits per heavy atom. The number of nitrogens with two attached hydrogens (primary N) is 2. The largest absolute Gasteiger partial charge is 0.384 e. The Balaban J connectivity index is 1.74. The van der Waals surface area contributed by atoms with Crippen molar-refractivity contribution in [1.82, 2.24) is 0 Å². The number of primary sulfonamides is 1. The molecule has 1 amide bonds. The first-order valence-electron chi connectivity index (χ1n) is 10.2. The summed E-state index contributed by atoms with van der Waals surface area (Å²) in [5.74, 6) is -0.369. The maximum absolute atomic E-state index is 12.8. The molecule has 0 saturated heterocycles. The Kier molecular flexibility index (Phi) is 7.07. The van der Waals surface area contributed by atoms with E-state index in [4.69, 9.17) is 16.3 Å². The van der Waals surface area contributed by atoms with Crippen LogP contribution in [0.3, 0.4) is 0 Å². The van der Waals surface area contributed by atoms with Gasteiger partial charge in [-0.05, 0) is 48.2 Å². The summed E-state index contributed by atoms with van der Waals surface area (Å²) in [5.41, 5.74) is 8.93. The first-order chi connectivity index (χ1) is 15.2. The van der Waals surface area contributed by atoms with Gasteiger partial charge in [0.2, 0.25) is 15.9 Å².